The van der Waals surface area contributed by atoms with Crippen LogP contribution in [0.3, 0.4) is 0 Å². The Bertz CT molecular complexity index is 583. The predicted octanol–water partition coefficient (Wildman–Crippen LogP) is 8.10. The van der Waals surface area contributed by atoms with Crippen LogP contribution in [0.15, 0.2) is 0 Å². The highest BCUT2D eigenvalue weighted by Crippen LogP contribution is 2.68. The average Bonchev–Trinajstić information content (AvgIpc) is 3.05. The van der Waals surface area contributed by atoms with Gasteiger partial charge in [-0.15, -0.1) is 0 Å². The molecule has 0 spiro atoms. The topological polar surface area (TPSA) is 20.2 Å². The molecule has 0 aromatic rings. The minimum absolute atomic E-state index is 0.111. The molecule has 0 saturated heterocycles. The lowest BCUT2D eigenvalue weighted by Gasteiger charge is -2.61. The van der Waals surface area contributed by atoms with Crippen molar-refractivity contribution in [2.75, 3.05) is 0 Å². The second-order valence-electron chi connectivity index (χ2n) is 13.2. The van der Waals surface area contributed by atoms with Gasteiger partial charge in [-0.05, 0) is 116 Å². The molecule has 10 atom stereocenters. The van der Waals surface area contributed by atoms with Crippen molar-refractivity contribution in [1.29, 1.82) is 0 Å². The Morgan fingerprint density at radius 1 is 0.833 bits per heavy atom. The molecule has 174 valence electrons. The van der Waals surface area contributed by atoms with Crippen LogP contribution in [-0.2, 0) is 0 Å². The van der Waals surface area contributed by atoms with Crippen molar-refractivity contribution in [3.63, 3.8) is 0 Å². The second-order valence-corrected chi connectivity index (χ2v) is 13.2. The van der Waals surface area contributed by atoms with E-state index in [0.717, 1.165) is 42.4 Å². The molecule has 1 heteroatoms. The summed E-state index contributed by atoms with van der Waals surface area (Å²) in [6, 6.07) is 0. The normalized spacial score (nSPS) is 46.6. The van der Waals surface area contributed by atoms with Crippen LogP contribution in [0.4, 0.5) is 0 Å². The first-order valence-corrected chi connectivity index (χ1v) is 13.9. The lowest BCUT2D eigenvalue weighted by molar-refractivity contribution is -0.115. The lowest BCUT2D eigenvalue weighted by atomic mass is 9.44. The van der Waals surface area contributed by atoms with Gasteiger partial charge in [-0.3, -0.25) is 0 Å². The molecule has 30 heavy (non-hydrogen) atoms. The van der Waals surface area contributed by atoms with Crippen LogP contribution in [-0.4, -0.2) is 11.2 Å². The van der Waals surface area contributed by atoms with E-state index >= 15 is 0 Å². The van der Waals surface area contributed by atoms with E-state index < -0.39 is 0 Å². The molecule has 2 unspecified atom stereocenters. The minimum Gasteiger partial charge on any atom is -0.393 e. The maximum absolute atomic E-state index is 11.0. The van der Waals surface area contributed by atoms with E-state index in [0.29, 0.717) is 28.6 Å². The van der Waals surface area contributed by atoms with Crippen LogP contribution in [0.5, 0.6) is 0 Å². The third-order valence-corrected chi connectivity index (χ3v) is 11.8. The molecule has 4 aliphatic rings. The van der Waals surface area contributed by atoms with Crippen LogP contribution in [0, 0.1) is 58.2 Å². The van der Waals surface area contributed by atoms with E-state index in [4.69, 9.17) is 0 Å². The maximum atomic E-state index is 11.0. The summed E-state index contributed by atoms with van der Waals surface area (Å²) >= 11 is 0. The van der Waals surface area contributed by atoms with E-state index in [9.17, 15) is 5.11 Å². The molecule has 4 aliphatic carbocycles. The summed E-state index contributed by atoms with van der Waals surface area (Å²) in [4.78, 5) is 0. The summed E-state index contributed by atoms with van der Waals surface area (Å²) in [5.74, 6) is 6.57. The zero-order valence-corrected chi connectivity index (χ0v) is 21.1. The summed E-state index contributed by atoms with van der Waals surface area (Å²) in [6.07, 6.45) is 17.0. The lowest BCUT2D eigenvalue weighted by Crippen LogP contribution is -2.53. The van der Waals surface area contributed by atoms with Crippen molar-refractivity contribution in [2.45, 2.75) is 125 Å². The van der Waals surface area contributed by atoms with Crippen LogP contribution >= 0.6 is 0 Å². The molecule has 0 radical (unpaired) electrons. The van der Waals surface area contributed by atoms with Crippen molar-refractivity contribution in [1.82, 2.24) is 0 Å². The third kappa shape index (κ3) is 3.72. The fraction of sp³-hybridized carbons (Fsp3) is 1.00. The zero-order chi connectivity index (χ0) is 21.7. The average molecular weight is 417 g/mol. The molecule has 4 fully saturated rings. The van der Waals surface area contributed by atoms with Gasteiger partial charge in [-0.2, -0.15) is 0 Å². The fourth-order valence-electron chi connectivity index (χ4n) is 10.2. The Morgan fingerprint density at radius 2 is 1.57 bits per heavy atom. The fourth-order valence-corrected chi connectivity index (χ4v) is 10.2. The Kier molecular flexibility index (Phi) is 6.72. The molecule has 1 N–H and O–H groups in total. The highest BCUT2D eigenvalue weighted by Gasteiger charge is 2.60. The molecular weight excluding hydrogens is 364 g/mol. The van der Waals surface area contributed by atoms with Gasteiger partial charge in [-0.25, -0.2) is 0 Å². The molecule has 0 aromatic carbocycles. The highest BCUT2D eigenvalue weighted by molar-refractivity contribution is 5.09. The van der Waals surface area contributed by atoms with E-state index in [-0.39, 0.29) is 6.10 Å². The summed E-state index contributed by atoms with van der Waals surface area (Å²) in [5.41, 5.74) is 1.20. The second kappa shape index (κ2) is 8.72. The standard InChI is InChI=1S/C29H52O/c1-7-22(19(2)3)27(30)18-20(4)24-13-14-25-23-12-11-21-10-8-9-16-28(21,5)26(23)15-17-29(24,25)6/h19-27,30H,7-18H2,1-6H3/t20-,21?,22+,23+,24-,25+,26+,27?,28+,29-/m1/s1. The monoisotopic (exact) mass is 416 g/mol. The van der Waals surface area contributed by atoms with Crippen molar-refractivity contribution in [3.05, 3.63) is 0 Å². The predicted molar refractivity (Wildman–Crippen MR) is 128 cm³/mol. The third-order valence-electron chi connectivity index (χ3n) is 11.8. The Labute approximate surface area is 188 Å². The Hall–Kier alpha value is -0.0400. The van der Waals surface area contributed by atoms with Gasteiger partial charge in [0.1, 0.15) is 0 Å². The SMILES string of the molecule is CC[C@@H](C(C)C)C(O)C[C@@H](C)[C@H]1CC[C@H]2[C@@H]3CCC4CCCC[C@]4(C)[C@H]3CC[C@]12C. The number of rotatable bonds is 6. The summed E-state index contributed by atoms with van der Waals surface area (Å²) in [5, 5.41) is 11.0. The summed E-state index contributed by atoms with van der Waals surface area (Å²) in [6.45, 7) is 14.7. The molecule has 4 saturated carbocycles. The minimum atomic E-state index is -0.111. The van der Waals surface area contributed by atoms with E-state index in [1.165, 1.54) is 64.2 Å². The first-order chi connectivity index (χ1) is 14.2. The van der Waals surface area contributed by atoms with Gasteiger partial charge in [0, 0.05) is 0 Å². The van der Waals surface area contributed by atoms with Gasteiger partial charge in [0.2, 0.25) is 0 Å². The molecule has 4 rings (SSSR count). The molecule has 0 bridgehead atoms. The van der Waals surface area contributed by atoms with Gasteiger partial charge in [0.05, 0.1) is 6.10 Å². The van der Waals surface area contributed by atoms with Gasteiger partial charge in [0.15, 0.2) is 0 Å². The number of aliphatic hydroxyl groups excluding tert-OH is 1. The quantitative estimate of drug-likeness (QED) is 0.463. The molecular formula is C29H52O. The smallest absolute Gasteiger partial charge is 0.0573 e. The number of hydrogen-bond donors (Lipinski definition) is 1. The van der Waals surface area contributed by atoms with Crippen molar-refractivity contribution < 1.29 is 5.11 Å². The van der Waals surface area contributed by atoms with E-state index in [2.05, 4.69) is 41.5 Å². The molecule has 0 aliphatic heterocycles. The van der Waals surface area contributed by atoms with Crippen LogP contribution in [0.25, 0.3) is 0 Å². The highest BCUT2D eigenvalue weighted by atomic mass is 16.3. The zero-order valence-electron chi connectivity index (χ0n) is 21.1. The van der Waals surface area contributed by atoms with E-state index in [1.807, 2.05) is 0 Å². The van der Waals surface area contributed by atoms with Crippen LogP contribution in [0.1, 0.15) is 119 Å². The van der Waals surface area contributed by atoms with Gasteiger partial charge in [0.25, 0.3) is 0 Å². The first kappa shape index (κ1) is 23.1. The molecule has 1 nitrogen and oxygen atoms in total. The molecule has 0 aromatic heterocycles. The van der Waals surface area contributed by atoms with Crippen molar-refractivity contribution in [2.24, 2.45) is 58.2 Å². The van der Waals surface area contributed by atoms with Crippen molar-refractivity contribution in [3.8, 4) is 0 Å². The van der Waals surface area contributed by atoms with Crippen LogP contribution in [0.2, 0.25) is 0 Å². The first-order valence-electron chi connectivity index (χ1n) is 13.9. The summed E-state index contributed by atoms with van der Waals surface area (Å²) in [7, 11) is 0. The molecule has 0 amide bonds. The Balaban J connectivity index is 1.47. The van der Waals surface area contributed by atoms with Crippen molar-refractivity contribution >= 4 is 0 Å². The van der Waals surface area contributed by atoms with Gasteiger partial charge < -0.3 is 5.11 Å². The number of hydrogen-bond acceptors (Lipinski definition) is 1. The van der Waals surface area contributed by atoms with Gasteiger partial charge in [-0.1, -0.05) is 60.8 Å². The molecule has 0 heterocycles. The number of aliphatic hydroxyl groups is 1. The maximum Gasteiger partial charge on any atom is 0.0573 e. The van der Waals surface area contributed by atoms with Gasteiger partial charge >= 0.3 is 0 Å². The van der Waals surface area contributed by atoms with E-state index in [1.54, 1.807) is 0 Å². The largest absolute Gasteiger partial charge is 0.393 e. The Morgan fingerprint density at radius 3 is 2.27 bits per heavy atom. The summed E-state index contributed by atoms with van der Waals surface area (Å²) < 4.78 is 0. The number of fused-ring (bicyclic) bond motifs is 5. The van der Waals surface area contributed by atoms with Crippen LogP contribution < -0.4 is 0 Å².